The van der Waals surface area contributed by atoms with Crippen molar-refractivity contribution in [2.24, 2.45) is 5.73 Å². The van der Waals surface area contributed by atoms with E-state index >= 15 is 0 Å². The number of carbonyl (C=O) groups is 2. The number of hydrogen-bond donors (Lipinski definition) is 1. The third-order valence-corrected chi connectivity index (χ3v) is 4.93. The van der Waals surface area contributed by atoms with Gasteiger partial charge in [0.25, 0.3) is 5.91 Å². The second-order valence-electron chi connectivity index (χ2n) is 5.47. The second-order valence-corrected chi connectivity index (χ2v) is 7.48. The van der Waals surface area contributed by atoms with Crippen LogP contribution in [0.2, 0.25) is 0 Å². The maximum Gasteiger partial charge on any atom is 0.339 e. The summed E-state index contributed by atoms with van der Waals surface area (Å²) < 4.78 is 17.3. The van der Waals surface area contributed by atoms with E-state index in [1.54, 1.807) is 42.5 Å². The molecule has 0 saturated heterocycles. The van der Waals surface area contributed by atoms with Crippen LogP contribution >= 0.6 is 0 Å². The maximum absolute atomic E-state index is 12.2. The Morgan fingerprint density at radius 1 is 1.00 bits per heavy atom. The van der Waals surface area contributed by atoms with E-state index in [9.17, 15) is 13.8 Å². The van der Waals surface area contributed by atoms with E-state index in [1.807, 2.05) is 13.8 Å². The van der Waals surface area contributed by atoms with Gasteiger partial charge in [-0.1, -0.05) is 44.2 Å². The van der Waals surface area contributed by atoms with Gasteiger partial charge in [0.05, 0.1) is 16.4 Å². The minimum Gasteiger partial charge on any atom is -0.444 e. The first-order chi connectivity index (χ1) is 11.4. The zero-order chi connectivity index (χ0) is 17.7. The molecule has 6 heteroatoms. The first-order valence-electron chi connectivity index (χ1n) is 7.46. The number of ether oxygens (including phenoxy) is 1. The van der Waals surface area contributed by atoms with Gasteiger partial charge in [-0.15, -0.1) is 0 Å². The van der Waals surface area contributed by atoms with Crippen molar-refractivity contribution in [2.45, 2.75) is 30.1 Å². The van der Waals surface area contributed by atoms with E-state index in [1.165, 1.54) is 12.1 Å². The number of carbonyl (C=O) groups excluding carboxylic acids is 2. The van der Waals surface area contributed by atoms with Crippen LogP contribution in [0.25, 0.3) is 0 Å². The predicted octanol–water partition coefficient (Wildman–Crippen LogP) is 2.59. The molecule has 0 radical (unpaired) electrons. The Morgan fingerprint density at radius 3 is 2.08 bits per heavy atom. The summed E-state index contributed by atoms with van der Waals surface area (Å²) in [5.41, 5.74) is 6.11. The van der Waals surface area contributed by atoms with Gasteiger partial charge in [0.2, 0.25) is 6.10 Å². The molecule has 0 saturated carbocycles. The lowest BCUT2D eigenvalue weighted by Crippen LogP contribution is -2.26. The van der Waals surface area contributed by atoms with Crippen LogP contribution in [-0.2, 0) is 20.3 Å². The third-order valence-electron chi connectivity index (χ3n) is 3.34. The molecule has 24 heavy (non-hydrogen) atoms. The van der Waals surface area contributed by atoms with Crippen LogP contribution in [0.4, 0.5) is 0 Å². The number of amides is 1. The van der Waals surface area contributed by atoms with Crippen molar-refractivity contribution in [2.75, 3.05) is 0 Å². The molecule has 0 bridgehead atoms. The van der Waals surface area contributed by atoms with Crippen molar-refractivity contribution < 1.29 is 18.5 Å². The van der Waals surface area contributed by atoms with Crippen molar-refractivity contribution in [1.29, 1.82) is 0 Å². The fraction of sp³-hybridized carbons (Fsp3) is 0.222. The van der Waals surface area contributed by atoms with Gasteiger partial charge in [-0.2, -0.15) is 0 Å². The van der Waals surface area contributed by atoms with Gasteiger partial charge < -0.3 is 10.5 Å². The lowest BCUT2D eigenvalue weighted by molar-refractivity contribution is -0.127. The molecule has 2 aromatic carbocycles. The van der Waals surface area contributed by atoms with Gasteiger partial charge in [-0.25, -0.2) is 4.79 Å². The Labute approximate surface area is 143 Å². The summed E-state index contributed by atoms with van der Waals surface area (Å²) in [6.07, 6.45) is -1.15. The molecule has 2 N–H and O–H groups in total. The highest BCUT2D eigenvalue weighted by Gasteiger charge is 2.23. The number of nitrogens with two attached hydrogens (primary N) is 1. The molecule has 0 aliphatic heterocycles. The molecule has 5 nitrogen and oxygen atoms in total. The summed E-state index contributed by atoms with van der Waals surface area (Å²) in [4.78, 5) is 24.5. The van der Waals surface area contributed by atoms with Crippen LogP contribution in [-0.4, -0.2) is 21.3 Å². The lowest BCUT2D eigenvalue weighted by atomic mass is 10.1. The fourth-order valence-electron chi connectivity index (χ4n) is 2.09. The number of rotatable bonds is 6. The normalized spacial score (nSPS) is 13.3. The molecule has 0 unspecified atom stereocenters. The molecule has 0 fully saturated rings. The fourth-order valence-corrected chi connectivity index (χ4v) is 3.04. The molecule has 1 amide bonds. The molecule has 0 aliphatic rings. The number of benzene rings is 2. The summed E-state index contributed by atoms with van der Waals surface area (Å²) >= 11 is 0. The standard InChI is InChI=1S/C18H19NO4S/c1-12(2)24(22)15-10-8-14(9-11-15)18(21)23-16(17(19)20)13-6-4-3-5-7-13/h3-12,16H,1-2H3,(H2,19,20)/t16-,24+/m1/s1. The lowest BCUT2D eigenvalue weighted by Gasteiger charge is -2.15. The Balaban J connectivity index is 2.16. The van der Waals surface area contributed by atoms with Gasteiger partial charge >= 0.3 is 5.97 Å². The van der Waals surface area contributed by atoms with Crippen LogP contribution in [0.5, 0.6) is 0 Å². The van der Waals surface area contributed by atoms with Crippen LogP contribution in [0, 0.1) is 0 Å². The van der Waals surface area contributed by atoms with E-state index in [2.05, 4.69) is 0 Å². The molecule has 126 valence electrons. The number of primary amides is 1. The molecule has 0 spiro atoms. The smallest absolute Gasteiger partial charge is 0.339 e. The Morgan fingerprint density at radius 2 is 1.58 bits per heavy atom. The Kier molecular flexibility index (Phi) is 5.87. The molecule has 2 aromatic rings. The molecular weight excluding hydrogens is 326 g/mol. The van der Waals surface area contributed by atoms with E-state index in [0.29, 0.717) is 10.5 Å². The maximum atomic E-state index is 12.2. The highest BCUT2D eigenvalue weighted by atomic mass is 32.2. The Hall–Kier alpha value is -2.47. The van der Waals surface area contributed by atoms with Gasteiger partial charge in [0.15, 0.2) is 0 Å². The van der Waals surface area contributed by atoms with Crippen molar-refractivity contribution in [3.05, 3.63) is 65.7 Å². The van der Waals surface area contributed by atoms with E-state index in [-0.39, 0.29) is 10.8 Å². The predicted molar refractivity (Wildman–Crippen MR) is 91.8 cm³/mol. The first-order valence-corrected chi connectivity index (χ1v) is 8.67. The van der Waals surface area contributed by atoms with Gasteiger partial charge in [-0.3, -0.25) is 9.00 Å². The van der Waals surface area contributed by atoms with Gasteiger partial charge in [0.1, 0.15) is 0 Å². The van der Waals surface area contributed by atoms with Crippen LogP contribution in [0.3, 0.4) is 0 Å². The van der Waals surface area contributed by atoms with Gasteiger partial charge in [0, 0.05) is 15.7 Å². The molecule has 0 aromatic heterocycles. The minimum absolute atomic E-state index is 0.0138. The van der Waals surface area contributed by atoms with Crippen LogP contribution in [0.1, 0.15) is 35.9 Å². The molecule has 2 atom stereocenters. The highest BCUT2D eigenvalue weighted by molar-refractivity contribution is 7.85. The number of hydrogen-bond acceptors (Lipinski definition) is 4. The van der Waals surface area contributed by atoms with Crippen LogP contribution < -0.4 is 5.73 Å². The molecule has 2 rings (SSSR count). The minimum atomic E-state index is -1.15. The SMILES string of the molecule is CC(C)[S@](=O)c1ccc(C(=O)O[C@@H](C(N)=O)c2ccccc2)cc1. The zero-order valence-corrected chi connectivity index (χ0v) is 14.3. The zero-order valence-electron chi connectivity index (χ0n) is 13.5. The summed E-state index contributed by atoms with van der Waals surface area (Å²) in [5, 5.41) is -0.0138. The molecular formula is C18H19NO4S. The van der Waals surface area contributed by atoms with Crippen LogP contribution in [0.15, 0.2) is 59.5 Å². The average Bonchev–Trinajstić information content (AvgIpc) is 2.59. The quantitative estimate of drug-likeness (QED) is 0.815. The molecule has 0 heterocycles. The highest BCUT2D eigenvalue weighted by Crippen LogP contribution is 2.20. The summed E-state index contributed by atoms with van der Waals surface area (Å²) in [5.74, 6) is -1.41. The van der Waals surface area contributed by atoms with Crippen molar-refractivity contribution >= 4 is 22.7 Å². The monoisotopic (exact) mass is 345 g/mol. The average molecular weight is 345 g/mol. The third kappa shape index (κ3) is 4.29. The number of esters is 1. The van der Waals surface area contributed by atoms with Crippen molar-refractivity contribution in [1.82, 2.24) is 0 Å². The first kappa shape index (κ1) is 17.9. The second kappa shape index (κ2) is 7.88. The Bertz CT molecular complexity index is 741. The summed E-state index contributed by atoms with van der Waals surface area (Å²) in [7, 11) is -1.13. The topological polar surface area (TPSA) is 86.5 Å². The van der Waals surface area contributed by atoms with E-state index in [0.717, 1.165) is 0 Å². The van der Waals surface area contributed by atoms with Crippen molar-refractivity contribution in [3.63, 3.8) is 0 Å². The summed E-state index contributed by atoms with van der Waals surface area (Å²) in [6, 6.07) is 14.9. The summed E-state index contributed by atoms with van der Waals surface area (Å²) in [6.45, 7) is 3.71. The van der Waals surface area contributed by atoms with Gasteiger partial charge in [-0.05, 0) is 24.3 Å². The largest absolute Gasteiger partial charge is 0.444 e. The van der Waals surface area contributed by atoms with Crippen molar-refractivity contribution in [3.8, 4) is 0 Å². The van der Waals surface area contributed by atoms with E-state index in [4.69, 9.17) is 10.5 Å². The molecule has 0 aliphatic carbocycles. The van der Waals surface area contributed by atoms with E-state index < -0.39 is 28.8 Å².